The highest BCUT2D eigenvalue weighted by Crippen LogP contribution is 2.41. The van der Waals surface area contributed by atoms with Crippen molar-refractivity contribution in [1.29, 1.82) is 0 Å². The zero-order chi connectivity index (χ0) is 20.4. The molecule has 0 bridgehead atoms. The van der Waals surface area contributed by atoms with Gasteiger partial charge in [-0.2, -0.15) is 0 Å². The number of carbonyl (C=O) groups is 1. The van der Waals surface area contributed by atoms with Crippen LogP contribution in [0.2, 0.25) is 0 Å². The van der Waals surface area contributed by atoms with Crippen LogP contribution in [0.25, 0.3) is 0 Å². The maximum atomic E-state index is 13.3. The van der Waals surface area contributed by atoms with Crippen molar-refractivity contribution in [2.75, 3.05) is 12.0 Å². The summed E-state index contributed by atoms with van der Waals surface area (Å²) in [7, 11) is 0. The highest BCUT2D eigenvalue weighted by molar-refractivity contribution is 9.10. The Morgan fingerprint density at radius 2 is 1.93 bits per heavy atom. The summed E-state index contributed by atoms with van der Waals surface area (Å²) in [6.07, 6.45) is 2.91. The number of pyridine rings is 1. The number of hydrogen-bond acceptors (Lipinski definition) is 3. The Morgan fingerprint density at radius 3 is 2.50 bits per heavy atom. The first-order valence-corrected chi connectivity index (χ1v) is 10.4. The van der Waals surface area contributed by atoms with Gasteiger partial charge in [0.15, 0.2) is 0 Å². The van der Waals surface area contributed by atoms with Crippen LogP contribution in [0, 0.1) is 25.6 Å². The first-order valence-electron chi connectivity index (χ1n) is 9.57. The Bertz CT molecular complexity index is 936. The van der Waals surface area contributed by atoms with E-state index in [-0.39, 0.29) is 23.3 Å². The predicted molar refractivity (Wildman–Crippen MR) is 112 cm³/mol. The molecule has 0 saturated heterocycles. The lowest BCUT2D eigenvalue weighted by molar-refractivity contribution is 0.0929. The van der Waals surface area contributed by atoms with Gasteiger partial charge in [0.05, 0.1) is 21.8 Å². The summed E-state index contributed by atoms with van der Waals surface area (Å²) in [5, 5.41) is 3.12. The van der Waals surface area contributed by atoms with Crippen LogP contribution in [-0.2, 0) is 0 Å². The summed E-state index contributed by atoms with van der Waals surface area (Å²) < 4.78 is 15.1. The van der Waals surface area contributed by atoms with Crippen molar-refractivity contribution in [2.45, 2.75) is 46.1 Å². The van der Waals surface area contributed by atoms with E-state index < -0.39 is 0 Å². The molecule has 5 nitrogen and oxygen atoms in total. The van der Waals surface area contributed by atoms with Crippen molar-refractivity contribution in [1.82, 2.24) is 9.99 Å². The van der Waals surface area contributed by atoms with E-state index in [1.54, 1.807) is 26.0 Å². The van der Waals surface area contributed by atoms with Crippen LogP contribution in [0.4, 0.5) is 4.39 Å². The van der Waals surface area contributed by atoms with Gasteiger partial charge < -0.3 is 10.7 Å². The maximum absolute atomic E-state index is 13.3. The SMILES string of the molecule is CCCNn1c(C)c(C(=O)N[C@H](c2ccc(F)cc2)C2CC2)c(C)c(Br)c1=O. The second-order valence-corrected chi connectivity index (χ2v) is 8.08. The van der Waals surface area contributed by atoms with E-state index in [1.165, 1.54) is 16.8 Å². The van der Waals surface area contributed by atoms with Crippen molar-refractivity contribution in [2.24, 2.45) is 5.92 Å². The minimum absolute atomic E-state index is 0.172. The molecule has 1 fully saturated rings. The number of halogens is 2. The van der Waals surface area contributed by atoms with Crippen LogP contribution in [0.5, 0.6) is 0 Å². The van der Waals surface area contributed by atoms with Crippen LogP contribution in [0.1, 0.15) is 59.4 Å². The van der Waals surface area contributed by atoms with Crippen molar-refractivity contribution in [3.63, 3.8) is 0 Å². The molecule has 2 N–H and O–H groups in total. The Morgan fingerprint density at radius 1 is 1.29 bits per heavy atom. The van der Waals surface area contributed by atoms with E-state index in [0.29, 0.717) is 33.8 Å². The van der Waals surface area contributed by atoms with Crippen LogP contribution < -0.4 is 16.3 Å². The summed E-state index contributed by atoms with van der Waals surface area (Å²) in [5.74, 6) is -0.180. The number of carbonyl (C=O) groups excluding carboxylic acids is 1. The fourth-order valence-corrected chi connectivity index (χ4v) is 3.81. The van der Waals surface area contributed by atoms with Gasteiger partial charge in [0.25, 0.3) is 11.5 Å². The molecule has 1 saturated carbocycles. The van der Waals surface area contributed by atoms with E-state index in [9.17, 15) is 14.0 Å². The van der Waals surface area contributed by atoms with Gasteiger partial charge in [-0.3, -0.25) is 9.59 Å². The minimum atomic E-state index is -0.297. The van der Waals surface area contributed by atoms with Gasteiger partial charge >= 0.3 is 0 Å². The Labute approximate surface area is 172 Å². The zero-order valence-corrected chi connectivity index (χ0v) is 17.9. The van der Waals surface area contributed by atoms with E-state index >= 15 is 0 Å². The summed E-state index contributed by atoms with van der Waals surface area (Å²) in [4.78, 5) is 25.8. The molecule has 0 unspecified atom stereocenters. The average Bonchev–Trinajstić information content (AvgIpc) is 3.50. The molecule has 1 heterocycles. The van der Waals surface area contributed by atoms with Gasteiger partial charge in [0.1, 0.15) is 5.82 Å². The van der Waals surface area contributed by atoms with Gasteiger partial charge in [-0.05, 0) is 78.2 Å². The zero-order valence-electron chi connectivity index (χ0n) is 16.3. The summed E-state index contributed by atoms with van der Waals surface area (Å²) in [6.45, 7) is 6.16. The molecule has 3 rings (SSSR count). The normalized spacial score (nSPS) is 14.6. The van der Waals surface area contributed by atoms with Crippen molar-refractivity contribution >= 4 is 21.8 Å². The number of amides is 1. The molecule has 150 valence electrons. The fraction of sp³-hybridized carbons (Fsp3) is 0.429. The highest BCUT2D eigenvalue weighted by Gasteiger charge is 2.34. The molecule has 1 aliphatic carbocycles. The van der Waals surface area contributed by atoms with Crippen LogP contribution in [-0.4, -0.2) is 17.1 Å². The van der Waals surface area contributed by atoms with E-state index in [2.05, 4.69) is 26.7 Å². The van der Waals surface area contributed by atoms with Crippen LogP contribution in [0.3, 0.4) is 0 Å². The van der Waals surface area contributed by atoms with Gasteiger partial charge in [-0.25, -0.2) is 9.07 Å². The van der Waals surface area contributed by atoms with E-state index in [4.69, 9.17) is 0 Å². The second-order valence-electron chi connectivity index (χ2n) is 7.29. The van der Waals surface area contributed by atoms with Crippen molar-refractivity contribution in [3.05, 3.63) is 67.3 Å². The molecule has 7 heteroatoms. The van der Waals surface area contributed by atoms with Crippen LogP contribution in [0.15, 0.2) is 33.5 Å². The molecular formula is C21H25BrFN3O2. The highest BCUT2D eigenvalue weighted by atomic mass is 79.9. The molecule has 1 aromatic heterocycles. The largest absolute Gasteiger partial charge is 0.345 e. The first-order chi connectivity index (χ1) is 13.3. The Kier molecular flexibility index (Phi) is 6.23. The predicted octanol–water partition coefficient (Wildman–Crippen LogP) is 4.20. The summed E-state index contributed by atoms with van der Waals surface area (Å²) in [6, 6.07) is 6.10. The summed E-state index contributed by atoms with van der Waals surface area (Å²) in [5.41, 5.74) is 5.42. The maximum Gasteiger partial charge on any atom is 0.283 e. The number of nitrogens with zero attached hydrogens (tertiary/aromatic N) is 1. The van der Waals surface area contributed by atoms with Gasteiger partial charge in [-0.1, -0.05) is 19.1 Å². The topological polar surface area (TPSA) is 63.1 Å². The van der Waals surface area contributed by atoms with Crippen LogP contribution >= 0.6 is 15.9 Å². The second kappa shape index (κ2) is 8.47. The molecule has 0 radical (unpaired) electrons. The summed E-state index contributed by atoms with van der Waals surface area (Å²) >= 11 is 3.34. The first kappa shape index (κ1) is 20.6. The standard InChI is InChI=1S/C21H25BrFN3O2/c1-4-11-24-26-13(3)17(12(2)18(22)21(26)28)20(27)25-19(14-5-6-14)15-7-9-16(23)10-8-15/h7-10,14,19,24H,4-6,11H2,1-3H3,(H,25,27)/t19-/m0/s1. The molecule has 2 aromatic rings. The lowest BCUT2D eigenvalue weighted by Gasteiger charge is -2.22. The fourth-order valence-electron chi connectivity index (χ4n) is 3.44. The molecule has 1 aromatic carbocycles. The smallest absolute Gasteiger partial charge is 0.283 e. The molecule has 0 aliphatic heterocycles. The van der Waals surface area contributed by atoms with E-state index in [0.717, 1.165) is 24.8 Å². The number of rotatable bonds is 7. The lowest BCUT2D eigenvalue weighted by Crippen LogP contribution is -2.37. The molecule has 1 atom stereocenters. The average molecular weight is 450 g/mol. The monoisotopic (exact) mass is 449 g/mol. The number of hydrogen-bond donors (Lipinski definition) is 2. The third-order valence-electron chi connectivity index (χ3n) is 5.15. The molecule has 1 aliphatic rings. The molecule has 0 spiro atoms. The molecular weight excluding hydrogens is 425 g/mol. The number of aromatic nitrogens is 1. The molecule has 28 heavy (non-hydrogen) atoms. The van der Waals surface area contributed by atoms with Gasteiger partial charge in [0.2, 0.25) is 0 Å². The third-order valence-corrected chi connectivity index (χ3v) is 6.08. The number of nitrogens with one attached hydrogen (secondary N) is 2. The van der Waals surface area contributed by atoms with Crippen molar-refractivity contribution in [3.8, 4) is 0 Å². The molecule has 1 amide bonds. The lowest BCUT2D eigenvalue weighted by atomic mass is 10.0. The van der Waals surface area contributed by atoms with Gasteiger partial charge in [-0.15, -0.1) is 0 Å². The Balaban J connectivity index is 1.95. The van der Waals surface area contributed by atoms with Gasteiger partial charge in [0, 0.05) is 6.54 Å². The quantitative estimate of drug-likeness (QED) is 0.665. The van der Waals surface area contributed by atoms with E-state index in [1.807, 2.05) is 6.92 Å². The van der Waals surface area contributed by atoms with Crippen molar-refractivity contribution < 1.29 is 9.18 Å². The minimum Gasteiger partial charge on any atom is -0.345 e. The number of benzene rings is 1. The third kappa shape index (κ3) is 4.14. The Hall–Kier alpha value is -2.15.